The molecular weight excluding hydrogens is 226 g/mol. The van der Waals surface area contributed by atoms with Crippen LogP contribution < -0.4 is 11.3 Å². The highest BCUT2D eigenvalue weighted by molar-refractivity contribution is 7.12. The number of aromatic amines is 1. The molecule has 3 N–H and O–H groups in total. The van der Waals surface area contributed by atoms with Crippen molar-refractivity contribution >= 4 is 28.4 Å². The Balaban J connectivity index is 2.40. The number of aromatic nitrogens is 4. The summed E-state index contributed by atoms with van der Waals surface area (Å²) in [4.78, 5) is 22.0. The highest BCUT2D eigenvalue weighted by atomic mass is 32.1. The number of imidazole rings is 1. The van der Waals surface area contributed by atoms with Gasteiger partial charge < -0.3 is 5.73 Å². The van der Waals surface area contributed by atoms with E-state index >= 15 is 0 Å². The normalized spacial score (nSPS) is 11.0. The summed E-state index contributed by atoms with van der Waals surface area (Å²) in [5, 5.41) is 2.89. The summed E-state index contributed by atoms with van der Waals surface area (Å²) in [6.45, 7) is 0. The van der Waals surface area contributed by atoms with E-state index in [1.165, 1.54) is 11.3 Å². The van der Waals surface area contributed by atoms with Gasteiger partial charge in [0.25, 0.3) is 5.56 Å². The Bertz CT molecular complexity index is 696. The first kappa shape index (κ1) is 9.10. The van der Waals surface area contributed by atoms with Crippen LogP contribution in [0.5, 0.6) is 0 Å². The van der Waals surface area contributed by atoms with Crippen LogP contribution in [0, 0.1) is 0 Å². The number of rotatable bonds is 1. The molecule has 3 rings (SSSR count). The fourth-order valence-corrected chi connectivity index (χ4v) is 2.20. The number of nitrogens with zero attached hydrogens (tertiary/aromatic N) is 3. The largest absolute Gasteiger partial charge is 0.369 e. The summed E-state index contributed by atoms with van der Waals surface area (Å²) in [5.74, 6) is 0.0933. The number of nitrogens with one attached hydrogen (secondary N) is 1. The molecule has 3 aromatic rings. The van der Waals surface area contributed by atoms with Gasteiger partial charge in [-0.05, 0) is 17.5 Å². The van der Waals surface area contributed by atoms with Gasteiger partial charge in [-0.2, -0.15) is 4.98 Å². The lowest BCUT2D eigenvalue weighted by molar-refractivity contribution is 1.08. The number of hydrogen-bond acceptors (Lipinski definition) is 5. The number of anilines is 1. The molecule has 0 spiro atoms. The van der Waals surface area contributed by atoms with Crippen molar-refractivity contribution in [2.45, 2.75) is 0 Å². The summed E-state index contributed by atoms with van der Waals surface area (Å²) in [7, 11) is 0. The molecule has 7 heteroatoms. The monoisotopic (exact) mass is 233 g/mol. The lowest BCUT2D eigenvalue weighted by atomic mass is 10.5. The molecule has 0 unspecified atom stereocenters. The van der Waals surface area contributed by atoms with Gasteiger partial charge in [0.05, 0.1) is 0 Å². The number of nitrogens with two attached hydrogens (primary N) is 1. The lowest BCUT2D eigenvalue weighted by Gasteiger charge is -1.98. The zero-order valence-corrected chi connectivity index (χ0v) is 8.86. The third kappa shape index (κ3) is 1.22. The summed E-state index contributed by atoms with van der Waals surface area (Å²) in [6.07, 6.45) is 1.57. The van der Waals surface area contributed by atoms with Gasteiger partial charge in [0.1, 0.15) is 11.3 Å². The molecule has 0 radical (unpaired) electrons. The zero-order valence-electron chi connectivity index (χ0n) is 8.04. The minimum absolute atomic E-state index is 0.0933. The fourth-order valence-electron chi connectivity index (χ4n) is 1.49. The van der Waals surface area contributed by atoms with Crippen molar-refractivity contribution in [1.82, 2.24) is 19.5 Å². The summed E-state index contributed by atoms with van der Waals surface area (Å²) in [5.41, 5.74) is 5.95. The van der Waals surface area contributed by atoms with E-state index in [2.05, 4.69) is 15.0 Å². The number of nitrogen functional groups attached to an aromatic ring is 1. The van der Waals surface area contributed by atoms with E-state index in [9.17, 15) is 4.79 Å². The van der Waals surface area contributed by atoms with Crippen LogP contribution in [-0.2, 0) is 0 Å². The number of fused-ring (bicyclic) bond motifs is 1. The molecule has 16 heavy (non-hydrogen) atoms. The molecule has 0 aliphatic carbocycles. The molecule has 0 atom stereocenters. The van der Waals surface area contributed by atoms with E-state index in [-0.39, 0.29) is 11.5 Å². The fraction of sp³-hybridized carbons (Fsp3) is 0. The van der Waals surface area contributed by atoms with Crippen LogP contribution in [0.3, 0.4) is 0 Å². The maximum absolute atomic E-state index is 11.5. The maximum atomic E-state index is 11.5. The Labute approximate surface area is 93.4 Å². The maximum Gasteiger partial charge on any atom is 0.280 e. The lowest BCUT2D eigenvalue weighted by Crippen LogP contribution is -2.11. The number of H-pyrrole nitrogens is 1. The Morgan fingerprint density at radius 3 is 3.12 bits per heavy atom. The third-order valence-electron chi connectivity index (χ3n) is 2.17. The molecule has 3 heterocycles. The Morgan fingerprint density at radius 2 is 2.38 bits per heavy atom. The molecule has 0 amide bonds. The first-order valence-electron chi connectivity index (χ1n) is 4.52. The Morgan fingerprint density at radius 1 is 1.50 bits per heavy atom. The van der Waals surface area contributed by atoms with E-state index in [1.807, 2.05) is 17.5 Å². The summed E-state index contributed by atoms with van der Waals surface area (Å²) >= 11 is 1.54. The Kier molecular flexibility index (Phi) is 1.80. The molecule has 0 fully saturated rings. The second-order valence-corrected chi connectivity index (χ2v) is 4.12. The summed E-state index contributed by atoms with van der Waals surface area (Å²) < 4.78 is 1.74. The SMILES string of the molecule is Nc1nc2c(ncn2-c2cccs2)c(=O)[nH]1. The zero-order chi connectivity index (χ0) is 11.1. The van der Waals surface area contributed by atoms with Crippen LogP contribution in [0.4, 0.5) is 5.95 Å². The predicted molar refractivity (Wildman–Crippen MR) is 61.8 cm³/mol. The third-order valence-corrected chi connectivity index (χ3v) is 3.04. The average molecular weight is 233 g/mol. The van der Waals surface area contributed by atoms with Crippen LogP contribution in [-0.4, -0.2) is 19.5 Å². The highest BCUT2D eigenvalue weighted by Gasteiger charge is 2.10. The van der Waals surface area contributed by atoms with Gasteiger partial charge in [0.15, 0.2) is 11.2 Å². The van der Waals surface area contributed by atoms with Crippen LogP contribution in [0.15, 0.2) is 28.6 Å². The summed E-state index contributed by atoms with van der Waals surface area (Å²) in [6, 6.07) is 3.84. The second-order valence-electron chi connectivity index (χ2n) is 3.19. The second kappa shape index (κ2) is 3.17. The van der Waals surface area contributed by atoms with Crippen molar-refractivity contribution in [3.05, 3.63) is 34.2 Å². The van der Waals surface area contributed by atoms with Gasteiger partial charge in [0, 0.05) is 0 Å². The molecule has 0 aliphatic rings. The molecule has 0 bridgehead atoms. The van der Waals surface area contributed by atoms with E-state index in [4.69, 9.17) is 5.73 Å². The van der Waals surface area contributed by atoms with Crippen molar-refractivity contribution in [2.75, 3.05) is 5.73 Å². The van der Waals surface area contributed by atoms with Gasteiger partial charge >= 0.3 is 0 Å². The van der Waals surface area contributed by atoms with E-state index in [1.54, 1.807) is 10.9 Å². The average Bonchev–Trinajstić information content (AvgIpc) is 2.83. The molecule has 0 saturated heterocycles. The standard InChI is InChI=1S/C9H7N5OS/c10-9-12-7-6(8(15)13-9)11-4-14(7)5-2-1-3-16-5/h1-4H,(H3,10,12,13,15). The van der Waals surface area contributed by atoms with E-state index < -0.39 is 0 Å². The van der Waals surface area contributed by atoms with Crippen LogP contribution >= 0.6 is 11.3 Å². The van der Waals surface area contributed by atoms with Crippen molar-refractivity contribution in [2.24, 2.45) is 0 Å². The van der Waals surface area contributed by atoms with E-state index in [0.717, 1.165) is 5.00 Å². The molecule has 0 aromatic carbocycles. The predicted octanol–water partition coefficient (Wildman–Crippen LogP) is 0.752. The smallest absolute Gasteiger partial charge is 0.280 e. The molecule has 0 aliphatic heterocycles. The number of hydrogen-bond donors (Lipinski definition) is 2. The highest BCUT2D eigenvalue weighted by Crippen LogP contribution is 2.18. The van der Waals surface area contributed by atoms with Crippen molar-refractivity contribution in [1.29, 1.82) is 0 Å². The topological polar surface area (TPSA) is 89.6 Å². The van der Waals surface area contributed by atoms with Gasteiger partial charge in [-0.15, -0.1) is 11.3 Å². The minimum Gasteiger partial charge on any atom is -0.369 e. The first-order chi connectivity index (χ1) is 7.75. The molecular formula is C9H7N5OS. The molecule has 3 aromatic heterocycles. The van der Waals surface area contributed by atoms with Crippen LogP contribution in [0.1, 0.15) is 0 Å². The van der Waals surface area contributed by atoms with Gasteiger partial charge in [0.2, 0.25) is 5.95 Å². The first-order valence-corrected chi connectivity index (χ1v) is 5.40. The van der Waals surface area contributed by atoms with Crippen LogP contribution in [0.2, 0.25) is 0 Å². The molecule has 0 saturated carbocycles. The van der Waals surface area contributed by atoms with Crippen molar-refractivity contribution in [3.8, 4) is 5.00 Å². The molecule has 80 valence electrons. The van der Waals surface area contributed by atoms with Gasteiger partial charge in [-0.3, -0.25) is 14.3 Å². The Hall–Kier alpha value is -2.15. The van der Waals surface area contributed by atoms with Gasteiger partial charge in [-0.1, -0.05) is 0 Å². The minimum atomic E-state index is -0.321. The van der Waals surface area contributed by atoms with E-state index in [0.29, 0.717) is 11.2 Å². The quantitative estimate of drug-likeness (QED) is 0.649. The van der Waals surface area contributed by atoms with Crippen molar-refractivity contribution < 1.29 is 0 Å². The van der Waals surface area contributed by atoms with Crippen LogP contribution in [0.25, 0.3) is 16.2 Å². The van der Waals surface area contributed by atoms with Crippen molar-refractivity contribution in [3.63, 3.8) is 0 Å². The van der Waals surface area contributed by atoms with Gasteiger partial charge in [-0.25, -0.2) is 4.98 Å². The number of thiophene rings is 1. The molecule has 6 nitrogen and oxygen atoms in total.